The van der Waals surface area contributed by atoms with Gasteiger partial charge < -0.3 is 10.4 Å². The first-order chi connectivity index (χ1) is 7.65. The van der Waals surface area contributed by atoms with E-state index < -0.39 is 0 Å². The van der Waals surface area contributed by atoms with Crippen molar-refractivity contribution in [2.75, 3.05) is 19.4 Å². The molecule has 1 aromatic heterocycles. The van der Waals surface area contributed by atoms with Crippen LogP contribution < -0.4 is 5.32 Å². The molecule has 0 fully saturated rings. The van der Waals surface area contributed by atoms with Gasteiger partial charge in [0, 0.05) is 29.8 Å². The number of thioether (sulfide) groups is 1. The summed E-state index contributed by atoms with van der Waals surface area (Å²) in [6, 6.07) is 2.27. The Hall–Kier alpha value is -0.650. The van der Waals surface area contributed by atoms with Crippen molar-refractivity contribution in [1.29, 1.82) is 0 Å². The summed E-state index contributed by atoms with van der Waals surface area (Å²) in [5, 5.41) is 12.9. The highest BCUT2D eigenvalue weighted by Crippen LogP contribution is 2.15. The van der Waals surface area contributed by atoms with Crippen LogP contribution in [0.15, 0.2) is 11.2 Å². The second kappa shape index (κ2) is 6.83. The maximum atomic E-state index is 8.87. The Morgan fingerprint density at radius 1 is 1.38 bits per heavy atom. The van der Waals surface area contributed by atoms with Crippen LogP contribution in [0.2, 0.25) is 0 Å². The molecule has 0 aliphatic rings. The van der Waals surface area contributed by atoms with Crippen molar-refractivity contribution in [1.82, 2.24) is 15.3 Å². The Bertz CT molecular complexity index is 313. The fraction of sp³-hybridized carbons (Fsp3) is 0.636. The molecular formula is C11H19N3OS. The van der Waals surface area contributed by atoms with Crippen molar-refractivity contribution in [3.8, 4) is 0 Å². The third-order valence-electron chi connectivity index (χ3n) is 2.26. The van der Waals surface area contributed by atoms with E-state index in [4.69, 9.17) is 5.11 Å². The summed E-state index contributed by atoms with van der Waals surface area (Å²) < 4.78 is 0. The molecule has 0 aliphatic carbocycles. The first-order valence-corrected chi connectivity index (χ1v) is 6.37. The Morgan fingerprint density at radius 2 is 2.00 bits per heavy atom. The molecule has 1 rings (SSSR count). The molecule has 0 bridgehead atoms. The Labute approximate surface area is 101 Å². The molecule has 0 aliphatic heterocycles. The second-order valence-electron chi connectivity index (χ2n) is 3.74. The molecule has 2 N–H and O–H groups in total. The molecule has 0 radical (unpaired) electrons. The average molecular weight is 241 g/mol. The monoisotopic (exact) mass is 241 g/mol. The minimum Gasteiger partial charge on any atom is -0.396 e. The Balaban J connectivity index is 2.52. The number of nitrogens with one attached hydrogen (secondary N) is 1. The van der Waals surface area contributed by atoms with Gasteiger partial charge in [-0.15, -0.1) is 0 Å². The van der Waals surface area contributed by atoms with Gasteiger partial charge in [0.25, 0.3) is 0 Å². The summed E-state index contributed by atoms with van der Waals surface area (Å²) in [5.74, 6) is 0.875. The third kappa shape index (κ3) is 4.47. The van der Waals surface area contributed by atoms with Gasteiger partial charge >= 0.3 is 0 Å². The summed E-state index contributed by atoms with van der Waals surface area (Å²) in [5.41, 5.74) is 2.00. The van der Waals surface area contributed by atoms with Gasteiger partial charge in [-0.3, -0.25) is 0 Å². The molecule has 1 unspecified atom stereocenters. The van der Waals surface area contributed by atoms with Crippen LogP contribution in [0.5, 0.6) is 0 Å². The molecule has 0 saturated heterocycles. The van der Waals surface area contributed by atoms with E-state index in [1.807, 2.05) is 27.0 Å². The first kappa shape index (κ1) is 13.4. The number of hydrogen-bond donors (Lipinski definition) is 2. The van der Waals surface area contributed by atoms with Gasteiger partial charge in [-0.1, -0.05) is 11.8 Å². The minimum atomic E-state index is 0.208. The third-order valence-corrected chi connectivity index (χ3v) is 3.27. The van der Waals surface area contributed by atoms with Gasteiger partial charge in [0.2, 0.25) is 0 Å². The van der Waals surface area contributed by atoms with Crippen molar-refractivity contribution in [2.45, 2.75) is 31.5 Å². The topological polar surface area (TPSA) is 58.0 Å². The molecule has 0 amide bonds. The van der Waals surface area contributed by atoms with Crippen molar-refractivity contribution in [2.24, 2.45) is 0 Å². The lowest BCUT2D eigenvalue weighted by Crippen LogP contribution is -2.28. The van der Waals surface area contributed by atoms with Gasteiger partial charge in [0.05, 0.1) is 0 Å². The smallest absolute Gasteiger partial charge is 0.188 e. The van der Waals surface area contributed by atoms with Crippen molar-refractivity contribution in [3.63, 3.8) is 0 Å². The fourth-order valence-corrected chi connectivity index (χ4v) is 2.50. The quantitative estimate of drug-likeness (QED) is 0.578. The van der Waals surface area contributed by atoms with Gasteiger partial charge in [-0.05, 0) is 33.4 Å². The molecule has 4 nitrogen and oxygen atoms in total. The van der Waals surface area contributed by atoms with Gasteiger partial charge in [0.1, 0.15) is 0 Å². The van der Waals surface area contributed by atoms with E-state index in [9.17, 15) is 0 Å². The number of aryl methyl sites for hydroxylation is 2. The zero-order valence-electron chi connectivity index (χ0n) is 10.0. The van der Waals surface area contributed by atoms with Gasteiger partial charge in [0.15, 0.2) is 5.16 Å². The number of aromatic nitrogens is 2. The lowest BCUT2D eigenvalue weighted by atomic mass is 10.2. The summed E-state index contributed by atoms with van der Waals surface area (Å²) in [7, 11) is 1.91. The first-order valence-electron chi connectivity index (χ1n) is 5.39. The van der Waals surface area contributed by atoms with E-state index >= 15 is 0 Å². The normalized spacial score (nSPS) is 12.8. The molecule has 16 heavy (non-hydrogen) atoms. The van der Waals surface area contributed by atoms with E-state index in [0.717, 1.165) is 28.7 Å². The highest BCUT2D eigenvalue weighted by Gasteiger charge is 2.07. The summed E-state index contributed by atoms with van der Waals surface area (Å²) in [6.07, 6.45) is 0.758. The standard InChI is InChI=1S/C11H19N3OS/c1-8-6-9(2)14-11(13-8)16-7-10(12-3)4-5-15/h6,10,12,15H,4-5,7H2,1-3H3. The molecule has 1 atom stereocenters. The van der Waals surface area contributed by atoms with Crippen LogP contribution in [-0.4, -0.2) is 40.5 Å². The van der Waals surface area contributed by atoms with Crippen LogP contribution in [0.25, 0.3) is 0 Å². The van der Waals surface area contributed by atoms with Crippen LogP contribution in [0.1, 0.15) is 17.8 Å². The number of rotatable bonds is 6. The van der Waals surface area contributed by atoms with Crippen LogP contribution in [-0.2, 0) is 0 Å². The largest absolute Gasteiger partial charge is 0.396 e. The number of aliphatic hydroxyl groups excluding tert-OH is 1. The van der Waals surface area contributed by atoms with Crippen LogP contribution in [0, 0.1) is 13.8 Å². The summed E-state index contributed by atoms with van der Waals surface area (Å²) in [4.78, 5) is 8.72. The van der Waals surface area contributed by atoms with E-state index in [2.05, 4.69) is 15.3 Å². The van der Waals surface area contributed by atoms with Crippen molar-refractivity contribution < 1.29 is 5.11 Å². The fourth-order valence-electron chi connectivity index (χ4n) is 1.40. The lowest BCUT2D eigenvalue weighted by Gasteiger charge is -2.13. The van der Waals surface area contributed by atoms with E-state index in [0.29, 0.717) is 6.04 Å². The highest BCUT2D eigenvalue weighted by molar-refractivity contribution is 7.99. The van der Waals surface area contributed by atoms with Crippen LogP contribution in [0.3, 0.4) is 0 Å². The lowest BCUT2D eigenvalue weighted by molar-refractivity contribution is 0.273. The number of nitrogens with zero attached hydrogens (tertiary/aromatic N) is 2. The zero-order valence-corrected chi connectivity index (χ0v) is 10.8. The molecule has 0 spiro atoms. The highest BCUT2D eigenvalue weighted by atomic mass is 32.2. The van der Waals surface area contributed by atoms with Crippen molar-refractivity contribution in [3.05, 3.63) is 17.5 Å². The van der Waals surface area contributed by atoms with E-state index in [1.165, 1.54) is 0 Å². The Kier molecular flexibility index (Phi) is 5.73. The molecule has 90 valence electrons. The Morgan fingerprint density at radius 3 is 2.50 bits per heavy atom. The number of hydrogen-bond acceptors (Lipinski definition) is 5. The van der Waals surface area contributed by atoms with Gasteiger partial charge in [-0.2, -0.15) is 0 Å². The summed E-state index contributed by atoms with van der Waals surface area (Å²) in [6.45, 7) is 4.16. The number of aliphatic hydroxyl groups is 1. The predicted molar refractivity (Wildman–Crippen MR) is 66.8 cm³/mol. The second-order valence-corrected chi connectivity index (χ2v) is 4.73. The summed E-state index contributed by atoms with van der Waals surface area (Å²) >= 11 is 1.63. The minimum absolute atomic E-state index is 0.208. The maximum absolute atomic E-state index is 8.87. The average Bonchev–Trinajstić information content (AvgIpc) is 2.23. The van der Waals surface area contributed by atoms with E-state index in [-0.39, 0.29) is 6.61 Å². The molecule has 0 saturated carbocycles. The molecule has 1 heterocycles. The van der Waals surface area contributed by atoms with Crippen LogP contribution in [0.4, 0.5) is 0 Å². The molecule has 1 aromatic rings. The van der Waals surface area contributed by atoms with E-state index in [1.54, 1.807) is 11.8 Å². The maximum Gasteiger partial charge on any atom is 0.188 e. The van der Waals surface area contributed by atoms with Gasteiger partial charge in [-0.25, -0.2) is 9.97 Å². The predicted octanol–water partition coefficient (Wildman–Crippen LogP) is 1.16. The SMILES string of the molecule is CNC(CCO)CSc1nc(C)cc(C)n1. The zero-order chi connectivity index (χ0) is 12.0. The van der Waals surface area contributed by atoms with Crippen LogP contribution >= 0.6 is 11.8 Å². The molecular weight excluding hydrogens is 222 g/mol. The molecule has 0 aromatic carbocycles. The molecule has 5 heteroatoms. The van der Waals surface area contributed by atoms with Crippen molar-refractivity contribution >= 4 is 11.8 Å².